The second kappa shape index (κ2) is 8.69. The lowest BCUT2D eigenvalue weighted by atomic mass is 10.0. The van der Waals surface area contributed by atoms with Crippen molar-refractivity contribution in [3.63, 3.8) is 0 Å². The Morgan fingerprint density at radius 1 is 1.39 bits per heavy atom. The second-order valence-corrected chi connectivity index (χ2v) is 6.71. The number of likely N-dealkylation sites (tertiary alicyclic amines) is 1. The number of rotatable bonds is 6. The molecule has 28 heavy (non-hydrogen) atoms. The van der Waals surface area contributed by atoms with Crippen LogP contribution < -0.4 is 5.32 Å². The minimum absolute atomic E-state index is 0.0107. The number of hydrogen-bond acceptors (Lipinski definition) is 6. The van der Waals surface area contributed by atoms with E-state index in [0.29, 0.717) is 37.6 Å². The van der Waals surface area contributed by atoms with Crippen molar-refractivity contribution in [3.8, 4) is 11.4 Å². The number of methoxy groups -OCH3 is 1. The molecule has 1 aliphatic rings. The van der Waals surface area contributed by atoms with Gasteiger partial charge in [0.15, 0.2) is 0 Å². The van der Waals surface area contributed by atoms with Crippen LogP contribution in [0.25, 0.3) is 11.4 Å². The molecule has 148 valence electrons. The number of nitrogens with one attached hydrogen (secondary N) is 1. The van der Waals surface area contributed by atoms with E-state index in [-0.39, 0.29) is 17.9 Å². The molecule has 2 amide bonds. The first-order valence-corrected chi connectivity index (χ1v) is 9.20. The fourth-order valence-corrected chi connectivity index (χ4v) is 2.92. The van der Waals surface area contributed by atoms with Crippen LogP contribution >= 0.6 is 0 Å². The van der Waals surface area contributed by atoms with Crippen molar-refractivity contribution < 1.29 is 18.8 Å². The van der Waals surface area contributed by atoms with Gasteiger partial charge in [-0.1, -0.05) is 29.4 Å². The minimum atomic E-state index is -0.357. The van der Waals surface area contributed by atoms with Crippen LogP contribution in [0.2, 0.25) is 0 Å². The number of aromatic nitrogens is 2. The summed E-state index contributed by atoms with van der Waals surface area (Å²) in [5, 5.41) is 6.99. The van der Waals surface area contributed by atoms with Crippen LogP contribution in [0.5, 0.6) is 0 Å². The zero-order valence-electron chi connectivity index (χ0n) is 16.3. The number of carbonyl (C=O) groups is 2. The Morgan fingerprint density at radius 2 is 2.18 bits per heavy atom. The van der Waals surface area contributed by atoms with E-state index in [9.17, 15) is 9.59 Å². The van der Waals surface area contributed by atoms with Gasteiger partial charge >= 0.3 is 6.09 Å². The molecule has 0 atom stereocenters. The fraction of sp³-hybridized carbons (Fsp3) is 0.400. The molecule has 1 aromatic carbocycles. The number of aryl methyl sites for hydroxylation is 1. The Morgan fingerprint density at radius 3 is 2.89 bits per heavy atom. The third-order valence-electron chi connectivity index (χ3n) is 4.65. The third-order valence-corrected chi connectivity index (χ3v) is 4.65. The molecular weight excluding hydrogens is 360 g/mol. The van der Waals surface area contributed by atoms with E-state index < -0.39 is 0 Å². The van der Waals surface area contributed by atoms with E-state index in [1.54, 1.807) is 4.90 Å². The standard InChI is InChI=1S/C20H24N4O4/c1-4-5-6-7-17(25)21-16-10-14(9-8-13(16)2)18-22-19(28-23-18)15-11-24(12-15)20(26)27-3/h4-5,8-10,15H,6-7,11-12H2,1-3H3,(H,21,25). The Bertz CT molecular complexity index is 884. The fourth-order valence-electron chi connectivity index (χ4n) is 2.92. The number of benzene rings is 1. The van der Waals surface area contributed by atoms with Gasteiger partial charge in [-0.2, -0.15) is 4.98 Å². The highest BCUT2D eigenvalue weighted by Gasteiger charge is 2.36. The molecule has 0 aliphatic carbocycles. The Kier molecular flexibility index (Phi) is 6.08. The quantitative estimate of drug-likeness (QED) is 0.766. The SMILES string of the molecule is CC=CCCC(=O)Nc1cc(-c2noc(C3CN(C(=O)OC)C3)n2)ccc1C. The average molecular weight is 384 g/mol. The monoisotopic (exact) mass is 384 g/mol. The molecule has 0 bridgehead atoms. The van der Waals surface area contributed by atoms with Crippen LogP contribution in [0.1, 0.15) is 37.1 Å². The Labute approximate surface area is 163 Å². The molecule has 1 aromatic heterocycles. The van der Waals surface area contributed by atoms with Crippen molar-refractivity contribution in [1.29, 1.82) is 0 Å². The second-order valence-electron chi connectivity index (χ2n) is 6.71. The maximum Gasteiger partial charge on any atom is 0.409 e. The lowest BCUT2D eigenvalue weighted by Gasteiger charge is -2.35. The molecule has 8 heteroatoms. The van der Waals surface area contributed by atoms with Crippen LogP contribution in [0.3, 0.4) is 0 Å². The van der Waals surface area contributed by atoms with Gasteiger partial charge in [-0.3, -0.25) is 4.79 Å². The molecule has 0 radical (unpaired) electrons. The largest absolute Gasteiger partial charge is 0.453 e. The van der Waals surface area contributed by atoms with Crippen LogP contribution in [-0.2, 0) is 9.53 Å². The molecule has 1 N–H and O–H groups in total. The molecule has 0 spiro atoms. The highest BCUT2D eigenvalue weighted by molar-refractivity contribution is 5.92. The molecular formula is C20H24N4O4. The van der Waals surface area contributed by atoms with Gasteiger partial charge in [0.05, 0.1) is 13.0 Å². The third kappa shape index (κ3) is 4.39. The first kappa shape index (κ1) is 19.6. The van der Waals surface area contributed by atoms with Crippen molar-refractivity contribution in [3.05, 3.63) is 41.8 Å². The van der Waals surface area contributed by atoms with E-state index in [4.69, 9.17) is 4.52 Å². The lowest BCUT2D eigenvalue weighted by Crippen LogP contribution is -2.48. The summed E-state index contributed by atoms with van der Waals surface area (Å²) in [5.41, 5.74) is 2.45. The molecule has 0 saturated carbocycles. The normalized spacial score (nSPS) is 14.2. The minimum Gasteiger partial charge on any atom is -0.453 e. The molecule has 1 aliphatic heterocycles. The summed E-state index contributed by atoms with van der Waals surface area (Å²) in [6, 6.07) is 5.65. The summed E-state index contributed by atoms with van der Waals surface area (Å²) >= 11 is 0. The first-order valence-electron chi connectivity index (χ1n) is 9.20. The van der Waals surface area contributed by atoms with Crippen LogP contribution in [0.4, 0.5) is 10.5 Å². The van der Waals surface area contributed by atoms with E-state index in [1.807, 2.05) is 44.2 Å². The Hall–Kier alpha value is -3.16. The van der Waals surface area contributed by atoms with Crippen molar-refractivity contribution in [1.82, 2.24) is 15.0 Å². The van der Waals surface area contributed by atoms with Gasteiger partial charge in [0.2, 0.25) is 17.6 Å². The predicted octanol–water partition coefficient (Wildman–Crippen LogP) is 3.51. The van der Waals surface area contributed by atoms with Crippen LogP contribution in [0.15, 0.2) is 34.9 Å². The summed E-state index contributed by atoms with van der Waals surface area (Å²) in [5.74, 6) is 0.921. The molecule has 2 heterocycles. The predicted molar refractivity (Wildman–Crippen MR) is 104 cm³/mol. The molecule has 0 unspecified atom stereocenters. The summed E-state index contributed by atoms with van der Waals surface area (Å²) in [6.45, 7) is 4.86. The van der Waals surface area contributed by atoms with E-state index in [2.05, 4.69) is 20.2 Å². The maximum atomic E-state index is 12.1. The molecule has 2 aromatic rings. The molecule has 3 rings (SSSR count). The van der Waals surface area contributed by atoms with Gasteiger partial charge in [-0.25, -0.2) is 4.79 Å². The number of ether oxygens (including phenoxy) is 1. The van der Waals surface area contributed by atoms with E-state index in [0.717, 1.165) is 16.8 Å². The van der Waals surface area contributed by atoms with Crippen molar-refractivity contribution >= 4 is 17.7 Å². The molecule has 1 fully saturated rings. The van der Waals surface area contributed by atoms with Gasteiger partial charge in [0.1, 0.15) is 0 Å². The van der Waals surface area contributed by atoms with Crippen molar-refractivity contribution in [2.45, 2.75) is 32.6 Å². The zero-order chi connectivity index (χ0) is 20.1. The highest BCUT2D eigenvalue weighted by Crippen LogP contribution is 2.29. The van der Waals surface area contributed by atoms with Gasteiger partial charge in [-0.15, -0.1) is 0 Å². The maximum absolute atomic E-state index is 12.1. The molecule has 8 nitrogen and oxygen atoms in total. The number of allylic oxidation sites excluding steroid dienone is 2. The van der Waals surface area contributed by atoms with Gasteiger partial charge in [-0.05, 0) is 31.9 Å². The average Bonchev–Trinajstić information content (AvgIpc) is 3.12. The zero-order valence-corrected chi connectivity index (χ0v) is 16.3. The summed E-state index contributed by atoms with van der Waals surface area (Å²) in [7, 11) is 1.36. The first-order chi connectivity index (χ1) is 13.5. The van der Waals surface area contributed by atoms with Gasteiger partial charge in [0, 0.05) is 30.8 Å². The smallest absolute Gasteiger partial charge is 0.409 e. The number of anilines is 1. The van der Waals surface area contributed by atoms with E-state index in [1.165, 1.54) is 7.11 Å². The Balaban J connectivity index is 1.67. The summed E-state index contributed by atoms with van der Waals surface area (Å²) < 4.78 is 10.0. The van der Waals surface area contributed by atoms with Crippen LogP contribution in [0, 0.1) is 6.92 Å². The summed E-state index contributed by atoms with van der Waals surface area (Å²) in [6.07, 6.45) is 4.67. The van der Waals surface area contributed by atoms with Gasteiger partial charge in [0.25, 0.3) is 0 Å². The number of carbonyl (C=O) groups excluding carboxylic acids is 2. The molecule has 1 saturated heterocycles. The van der Waals surface area contributed by atoms with Crippen molar-refractivity contribution in [2.24, 2.45) is 0 Å². The highest BCUT2D eigenvalue weighted by atomic mass is 16.5. The lowest BCUT2D eigenvalue weighted by molar-refractivity contribution is -0.116. The summed E-state index contributed by atoms with van der Waals surface area (Å²) in [4.78, 5) is 29.6. The topological polar surface area (TPSA) is 97.6 Å². The number of amides is 2. The van der Waals surface area contributed by atoms with Crippen molar-refractivity contribution in [2.75, 3.05) is 25.5 Å². The van der Waals surface area contributed by atoms with Crippen LogP contribution in [-0.4, -0.2) is 47.2 Å². The number of hydrogen-bond donors (Lipinski definition) is 1. The number of nitrogens with zero attached hydrogens (tertiary/aromatic N) is 3. The van der Waals surface area contributed by atoms with E-state index >= 15 is 0 Å². The van der Waals surface area contributed by atoms with Gasteiger partial charge < -0.3 is 19.5 Å².